The number of hydrogen-bond donors (Lipinski definition) is 3. The standard InChI is InChI=1S/C11H13ClN2O2S/c12-9-4-6(13)3-8(11(15)16)10(9)14-7-1-2-17-5-7/h3-4,7,14H,1-2,5,13H2,(H,15,16). The van der Waals surface area contributed by atoms with Gasteiger partial charge in [0.2, 0.25) is 0 Å². The highest BCUT2D eigenvalue weighted by molar-refractivity contribution is 7.99. The monoisotopic (exact) mass is 272 g/mol. The van der Waals surface area contributed by atoms with Crippen LogP contribution >= 0.6 is 23.4 Å². The van der Waals surface area contributed by atoms with Crippen molar-refractivity contribution in [2.24, 2.45) is 0 Å². The van der Waals surface area contributed by atoms with Crippen molar-refractivity contribution in [1.29, 1.82) is 0 Å². The lowest BCUT2D eigenvalue weighted by Crippen LogP contribution is -2.20. The number of nitrogen functional groups attached to an aromatic ring is 1. The van der Waals surface area contributed by atoms with Crippen LogP contribution in [0.3, 0.4) is 0 Å². The van der Waals surface area contributed by atoms with Gasteiger partial charge < -0.3 is 16.2 Å². The fourth-order valence-electron chi connectivity index (χ4n) is 1.80. The summed E-state index contributed by atoms with van der Waals surface area (Å²) in [6.45, 7) is 0. The van der Waals surface area contributed by atoms with Crippen molar-refractivity contribution in [3.8, 4) is 0 Å². The van der Waals surface area contributed by atoms with Crippen molar-refractivity contribution < 1.29 is 9.90 Å². The van der Waals surface area contributed by atoms with Crippen LogP contribution in [0.2, 0.25) is 5.02 Å². The number of rotatable bonds is 3. The molecule has 2 rings (SSSR count). The SMILES string of the molecule is Nc1cc(Cl)c(NC2CCSC2)c(C(=O)O)c1. The molecule has 1 aromatic rings. The van der Waals surface area contributed by atoms with Gasteiger partial charge in [0.25, 0.3) is 0 Å². The number of thioether (sulfide) groups is 1. The topological polar surface area (TPSA) is 75.3 Å². The highest BCUT2D eigenvalue weighted by atomic mass is 35.5. The maximum atomic E-state index is 11.1. The van der Waals surface area contributed by atoms with E-state index in [1.807, 2.05) is 11.8 Å². The minimum absolute atomic E-state index is 0.131. The van der Waals surface area contributed by atoms with Crippen molar-refractivity contribution in [1.82, 2.24) is 0 Å². The molecular formula is C11H13ClN2O2S. The molecule has 1 aromatic carbocycles. The summed E-state index contributed by atoms with van der Waals surface area (Å²) in [5, 5.41) is 12.7. The van der Waals surface area contributed by atoms with Gasteiger partial charge in [-0.25, -0.2) is 4.79 Å². The summed E-state index contributed by atoms with van der Waals surface area (Å²) >= 11 is 7.89. The second-order valence-corrected chi connectivity index (χ2v) is 5.49. The Morgan fingerprint density at radius 2 is 2.35 bits per heavy atom. The van der Waals surface area contributed by atoms with E-state index in [0.717, 1.165) is 17.9 Å². The maximum absolute atomic E-state index is 11.1. The molecule has 0 radical (unpaired) electrons. The van der Waals surface area contributed by atoms with Gasteiger partial charge in [0.15, 0.2) is 0 Å². The van der Waals surface area contributed by atoms with Gasteiger partial charge in [0.1, 0.15) is 0 Å². The van der Waals surface area contributed by atoms with Crippen LogP contribution in [0.5, 0.6) is 0 Å². The Bertz CT molecular complexity index is 447. The van der Waals surface area contributed by atoms with Crippen LogP contribution in [0.4, 0.5) is 11.4 Å². The maximum Gasteiger partial charge on any atom is 0.337 e. The predicted octanol–water partition coefficient (Wildman–Crippen LogP) is 2.54. The molecule has 1 fully saturated rings. The molecule has 1 aliphatic heterocycles. The average Bonchev–Trinajstić information content (AvgIpc) is 2.74. The number of carboxylic acids is 1. The fraction of sp³-hybridized carbons (Fsp3) is 0.364. The second kappa shape index (κ2) is 5.06. The third-order valence-corrected chi connectivity index (χ3v) is 4.08. The Morgan fingerprint density at radius 3 is 2.94 bits per heavy atom. The first-order chi connectivity index (χ1) is 8.08. The molecule has 0 saturated carbocycles. The molecule has 1 unspecified atom stereocenters. The predicted molar refractivity (Wildman–Crippen MR) is 72.2 cm³/mol. The molecule has 92 valence electrons. The van der Waals surface area contributed by atoms with E-state index in [-0.39, 0.29) is 11.6 Å². The van der Waals surface area contributed by atoms with Crippen molar-refractivity contribution >= 4 is 40.7 Å². The van der Waals surface area contributed by atoms with Gasteiger partial charge in [-0.1, -0.05) is 11.6 Å². The minimum atomic E-state index is -1.02. The Kier molecular flexibility index (Phi) is 3.69. The van der Waals surface area contributed by atoms with Crippen LogP contribution in [-0.4, -0.2) is 28.6 Å². The normalized spacial score (nSPS) is 19.2. The van der Waals surface area contributed by atoms with Crippen molar-refractivity contribution in [2.45, 2.75) is 12.5 Å². The van der Waals surface area contributed by atoms with Crippen LogP contribution in [0.15, 0.2) is 12.1 Å². The van der Waals surface area contributed by atoms with Gasteiger partial charge >= 0.3 is 5.97 Å². The number of carboxylic acid groups (broad SMARTS) is 1. The Balaban J connectivity index is 2.33. The zero-order valence-corrected chi connectivity index (χ0v) is 10.6. The van der Waals surface area contributed by atoms with Crippen molar-refractivity contribution in [3.63, 3.8) is 0 Å². The number of anilines is 2. The quantitative estimate of drug-likeness (QED) is 0.737. The molecule has 0 bridgehead atoms. The van der Waals surface area contributed by atoms with Gasteiger partial charge in [-0.2, -0.15) is 11.8 Å². The summed E-state index contributed by atoms with van der Waals surface area (Å²) in [6.07, 6.45) is 1.02. The number of halogens is 1. The van der Waals surface area contributed by atoms with Crippen LogP contribution in [0.1, 0.15) is 16.8 Å². The summed E-state index contributed by atoms with van der Waals surface area (Å²) in [4.78, 5) is 11.1. The molecule has 1 heterocycles. The van der Waals surface area contributed by atoms with Crippen LogP contribution in [-0.2, 0) is 0 Å². The third-order valence-electron chi connectivity index (χ3n) is 2.62. The summed E-state index contributed by atoms with van der Waals surface area (Å²) in [5.41, 5.74) is 6.56. The fourth-order valence-corrected chi connectivity index (χ4v) is 3.23. The van der Waals surface area contributed by atoms with Gasteiger partial charge in [-0.05, 0) is 24.3 Å². The first-order valence-electron chi connectivity index (χ1n) is 5.24. The molecule has 0 spiro atoms. The Labute approximate surface area is 109 Å². The zero-order chi connectivity index (χ0) is 12.4. The summed E-state index contributed by atoms with van der Waals surface area (Å²) in [6, 6.07) is 3.27. The highest BCUT2D eigenvalue weighted by Crippen LogP contribution is 2.32. The first kappa shape index (κ1) is 12.4. The number of carbonyl (C=O) groups is 1. The largest absolute Gasteiger partial charge is 0.478 e. The van der Waals surface area contributed by atoms with Crippen molar-refractivity contribution in [3.05, 3.63) is 22.7 Å². The third kappa shape index (κ3) is 2.79. The van der Waals surface area contributed by atoms with E-state index in [9.17, 15) is 4.79 Å². The van der Waals surface area contributed by atoms with Crippen LogP contribution in [0.25, 0.3) is 0 Å². The molecule has 1 aliphatic rings. The van der Waals surface area contributed by atoms with Gasteiger partial charge in [-0.3, -0.25) is 0 Å². The highest BCUT2D eigenvalue weighted by Gasteiger charge is 2.20. The lowest BCUT2D eigenvalue weighted by atomic mass is 10.1. The lowest BCUT2D eigenvalue weighted by Gasteiger charge is -2.17. The molecule has 0 aromatic heterocycles. The van der Waals surface area contributed by atoms with Gasteiger partial charge in [0, 0.05) is 17.5 Å². The van der Waals surface area contributed by atoms with Crippen LogP contribution < -0.4 is 11.1 Å². The van der Waals surface area contributed by atoms with E-state index in [1.165, 1.54) is 6.07 Å². The minimum Gasteiger partial charge on any atom is -0.478 e. The lowest BCUT2D eigenvalue weighted by molar-refractivity contribution is 0.0698. The molecule has 0 amide bonds. The molecule has 6 heteroatoms. The van der Waals surface area contributed by atoms with E-state index < -0.39 is 5.97 Å². The molecule has 1 saturated heterocycles. The Hall–Kier alpha value is -1.07. The van der Waals surface area contributed by atoms with Gasteiger partial charge in [0.05, 0.1) is 16.3 Å². The number of nitrogens with one attached hydrogen (secondary N) is 1. The number of benzene rings is 1. The molecule has 4 N–H and O–H groups in total. The summed E-state index contributed by atoms with van der Waals surface area (Å²) in [5.74, 6) is 1.04. The second-order valence-electron chi connectivity index (χ2n) is 3.94. The summed E-state index contributed by atoms with van der Waals surface area (Å²) in [7, 11) is 0. The van der Waals surface area contributed by atoms with E-state index in [0.29, 0.717) is 16.4 Å². The molecule has 4 nitrogen and oxygen atoms in total. The first-order valence-corrected chi connectivity index (χ1v) is 6.78. The van der Waals surface area contributed by atoms with E-state index in [1.54, 1.807) is 6.07 Å². The van der Waals surface area contributed by atoms with E-state index in [4.69, 9.17) is 22.4 Å². The summed E-state index contributed by atoms with van der Waals surface area (Å²) < 4.78 is 0. The van der Waals surface area contributed by atoms with E-state index >= 15 is 0 Å². The molecular weight excluding hydrogens is 260 g/mol. The molecule has 17 heavy (non-hydrogen) atoms. The number of hydrogen-bond acceptors (Lipinski definition) is 4. The van der Waals surface area contributed by atoms with Crippen LogP contribution in [0, 0.1) is 0 Å². The smallest absolute Gasteiger partial charge is 0.337 e. The van der Waals surface area contributed by atoms with E-state index in [2.05, 4.69) is 5.32 Å². The zero-order valence-electron chi connectivity index (χ0n) is 9.07. The Morgan fingerprint density at radius 1 is 1.59 bits per heavy atom. The molecule has 0 aliphatic carbocycles. The van der Waals surface area contributed by atoms with Gasteiger partial charge in [-0.15, -0.1) is 0 Å². The van der Waals surface area contributed by atoms with Crippen molar-refractivity contribution in [2.75, 3.05) is 22.6 Å². The number of nitrogens with two attached hydrogens (primary N) is 1. The molecule has 1 atom stereocenters. The number of aromatic carboxylic acids is 1. The average molecular weight is 273 g/mol.